The number of halogens is 2. The molecule has 1 N–H and O–H groups in total. The van der Waals surface area contributed by atoms with E-state index in [4.69, 9.17) is 16.3 Å². The lowest BCUT2D eigenvalue weighted by Crippen LogP contribution is -2.45. The van der Waals surface area contributed by atoms with E-state index in [1.807, 2.05) is 38.2 Å². The molecule has 1 aromatic carbocycles. The molecule has 1 fully saturated rings. The van der Waals surface area contributed by atoms with Crippen molar-refractivity contribution in [3.8, 4) is 5.75 Å². The molecule has 0 amide bonds. The zero-order valence-corrected chi connectivity index (χ0v) is 18.5. The van der Waals surface area contributed by atoms with Crippen LogP contribution < -0.4 is 10.1 Å². The zero-order valence-electron chi connectivity index (χ0n) is 15.4. The van der Waals surface area contributed by atoms with Gasteiger partial charge in [0.25, 0.3) is 0 Å². The maximum atomic E-state index is 6.15. The average molecular weight is 491 g/mol. The van der Waals surface area contributed by atoms with Gasteiger partial charge in [-0.05, 0) is 25.5 Å². The van der Waals surface area contributed by atoms with E-state index in [-0.39, 0.29) is 30.1 Å². The van der Waals surface area contributed by atoms with Gasteiger partial charge in [-0.3, -0.25) is 9.89 Å². The summed E-state index contributed by atoms with van der Waals surface area (Å²) in [5.41, 5.74) is 0. The minimum absolute atomic E-state index is 0. The quantitative estimate of drug-likeness (QED) is 0.298. The van der Waals surface area contributed by atoms with Gasteiger partial charge in [-0.25, -0.2) is 0 Å². The van der Waals surface area contributed by atoms with Gasteiger partial charge >= 0.3 is 0 Å². The Bertz CT molecular complexity index is 632. The van der Waals surface area contributed by atoms with Crippen LogP contribution in [-0.2, 0) is 0 Å². The number of ether oxygens (including phenoxy) is 1. The molecule has 1 aromatic rings. The highest BCUT2D eigenvalue weighted by atomic mass is 127. The lowest BCUT2D eigenvalue weighted by atomic mass is 10.2. The summed E-state index contributed by atoms with van der Waals surface area (Å²) < 4.78 is 5.92. The second-order valence-electron chi connectivity index (χ2n) is 6.60. The summed E-state index contributed by atoms with van der Waals surface area (Å²) in [4.78, 5) is 9.31. The number of nitrogens with zero attached hydrogens (tertiary/aromatic N) is 3. The number of benzene rings is 1. The van der Waals surface area contributed by atoms with E-state index in [1.165, 1.54) is 6.42 Å². The van der Waals surface area contributed by atoms with E-state index in [0.29, 0.717) is 17.6 Å². The molecule has 0 bridgehead atoms. The second-order valence-corrected chi connectivity index (χ2v) is 7.01. The zero-order chi connectivity index (χ0) is 17.6. The Kier molecular flexibility index (Phi) is 8.50. The lowest BCUT2D eigenvalue weighted by molar-refractivity contribution is 0.222. The molecule has 2 atom stereocenters. The smallest absolute Gasteiger partial charge is 0.193 e. The van der Waals surface area contributed by atoms with Crippen LogP contribution in [0.4, 0.5) is 0 Å². The van der Waals surface area contributed by atoms with E-state index in [9.17, 15) is 0 Å². The van der Waals surface area contributed by atoms with Crippen molar-refractivity contribution in [1.29, 1.82) is 0 Å². The first-order chi connectivity index (χ1) is 12.2. The third-order valence-electron chi connectivity index (χ3n) is 4.75. The third kappa shape index (κ3) is 5.50. The molecule has 0 saturated carbocycles. The van der Waals surface area contributed by atoms with Crippen LogP contribution in [0.3, 0.4) is 0 Å². The fourth-order valence-electron chi connectivity index (χ4n) is 3.39. The molecule has 2 heterocycles. The van der Waals surface area contributed by atoms with E-state index < -0.39 is 0 Å². The van der Waals surface area contributed by atoms with Crippen molar-refractivity contribution in [1.82, 2.24) is 15.1 Å². The molecule has 1 saturated heterocycles. The molecular formula is C19H28ClIN4O. The van der Waals surface area contributed by atoms with Crippen molar-refractivity contribution in [3.63, 3.8) is 0 Å². The molecule has 2 aliphatic heterocycles. The molecule has 2 unspecified atom stereocenters. The van der Waals surface area contributed by atoms with Gasteiger partial charge < -0.3 is 15.0 Å². The predicted molar refractivity (Wildman–Crippen MR) is 119 cm³/mol. The summed E-state index contributed by atoms with van der Waals surface area (Å²) in [6, 6.07) is 8.18. The SMILES string of the molecule is CN=C(NCC(C)Oc1ccccc1Cl)N1CCC(N2CC=CC2)C1.I. The van der Waals surface area contributed by atoms with Crippen LogP contribution in [0.5, 0.6) is 5.75 Å². The Morgan fingerprint density at radius 1 is 1.35 bits per heavy atom. The molecule has 0 aliphatic carbocycles. The van der Waals surface area contributed by atoms with Crippen LogP contribution in [-0.4, -0.2) is 67.7 Å². The highest BCUT2D eigenvalue weighted by Crippen LogP contribution is 2.24. The second kappa shape index (κ2) is 10.4. The molecule has 26 heavy (non-hydrogen) atoms. The topological polar surface area (TPSA) is 40.1 Å². The summed E-state index contributed by atoms with van der Waals surface area (Å²) >= 11 is 6.15. The number of hydrogen-bond donors (Lipinski definition) is 1. The number of nitrogens with one attached hydrogen (secondary N) is 1. The minimum atomic E-state index is -0.00201. The minimum Gasteiger partial charge on any atom is -0.487 e. The number of likely N-dealkylation sites (tertiary alicyclic amines) is 1. The largest absolute Gasteiger partial charge is 0.487 e. The van der Waals surface area contributed by atoms with Gasteiger partial charge in [0.05, 0.1) is 11.6 Å². The van der Waals surface area contributed by atoms with Crippen molar-refractivity contribution < 1.29 is 4.74 Å². The van der Waals surface area contributed by atoms with Crippen LogP contribution >= 0.6 is 35.6 Å². The summed E-state index contributed by atoms with van der Waals surface area (Å²) in [6.07, 6.45) is 5.69. The first-order valence-corrected chi connectivity index (χ1v) is 9.31. The fourth-order valence-corrected chi connectivity index (χ4v) is 3.57. The summed E-state index contributed by atoms with van der Waals surface area (Å²) in [5, 5.41) is 4.07. The fraction of sp³-hybridized carbons (Fsp3) is 0.526. The first kappa shape index (κ1) is 21.3. The summed E-state index contributed by atoms with van der Waals surface area (Å²) in [5.74, 6) is 1.67. The van der Waals surface area contributed by atoms with Gasteiger partial charge in [-0.2, -0.15) is 0 Å². The van der Waals surface area contributed by atoms with Crippen LogP contribution in [0.2, 0.25) is 5.02 Å². The third-order valence-corrected chi connectivity index (χ3v) is 5.06. The van der Waals surface area contributed by atoms with E-state index in [0.717, 1.165) is 37.9 Å². The van der Waals surface area contributed by atoms with Crippen molar-refractivity contribution in [2.45, 2.75) is 25.5 Å². The van der Waals surface area contributed by atoms with Crippen LogP contribution in [0.1, 0.15) is 13.3 Å². The monoisotopic (exact) mass is 490 g/mol. The predicted octanol–water partition coefficient (Wildman–Crippen LogP) is 3.25. The van der Waals surface area contributed by atoms with Crippen LogP contribution in [0.15, 0.2) is 41.4 Å². The molecule has 5 nitrogen and oxygen atoms in total. The Morgan fingerprint density at radius 3 is 2.77 bits per heavy atom. The highest BCUT2D eigenvalue weighted by Gasteiger charge is 2.29. The molecule has 7 heteroatoms. The molecule has 2 aliphatic rings. The molecule has 0 spiro atoms. The number of para-hydroxylation sites is 1. The van der Waals surface area contributed by atoms with Gasteiger partial charge in [-0.1, -0.05) is 35.9 Å². The molecule has 3 rings (SSSR count). The molecular weight excluding hydrogens is 463 g/mol. The van der Waals surface area contributed by atoms with Gasteiger partial charge in [0.2, 0.25) is 0 Å². The van der Waals surface area contributed by atoms with Gasteiger partial charge in [0.15, 0.2) is 5.96 Å². The normalized spacial score (nSPS) is 21.6. The first-order valence-electron chi connectivity index (χ1n) is 8.93. The standard InChI is InChI=1S/C19H27ClN4O.HI/c1-15(25-18-8-4-3-7-17(18)20)13-22-19(21-2)24-12-9-16(14-24)23-10-5-6-11-23;/h3-8,15-16H,9-14H2,1-2H3,(H,21,22);1H. The molecule has 144 valence electrons. The number of guanidine groups is 1. The lowest BCUT2D eigenvalue weighted by Gasteiger charge is -2.26. The van der Waals surface area contributed by atoms with Gasteiger partial charge in [0.1, 0.15) is 11.9 Å². The summed E-state index contributed by atoms with van der Waals surface area (Å²) in [6.45, 7) is 6.94. The van der Waals surface area contributed by atoms with Crippen molar-refractivity contribution in [2.24, 2.45) is 4.99 Å². The Balaban J connectivity index is 0.00000243. The van der Waals surface area contributed by atoms with Gasteiger partial charge in [-0.15, -0.1) is 24.0 Å². The number of aliphatic imine (C=N–C) groups is 1. The van der Waals surface area contributed by atoms with Crippen molar-refractivity contribution in [2.75, 3.05) is 39.8 Å². The Labute approximate surface area is 178 Å². The molecule has 0 aromatic heterocycles. The van der Waals surface area contributed by atoms with E-state index in [2.05, 4.69) is 32.3 Å². The van der Waals surface area contributed by atoms with E-state index >= 15 is 0 Å². The van der Waals surface area contributed by atoms with Crippen LogP contribution in [0.25, 0.3) is 0 Å². The highest BCUT2D eigenvalue weighted by molar-refractivity contribution is 14.0. The van der Waals surface area contributed by atoms with Crippen molar-refractivity contribution in [3.05, 3.63) is 41.4 Å². The maximum absolute atomic E-state index is 6.15. The number of rotatable bonds is 5. The van der Waals surface area contributed by atoms with Crippen molar-refractivity contribution >= 4 is 41.5 Å². The van der Waals surface area contributed by atoms with Gasteiger partial charge in [0, 0.05) is 39.3 Å². The maximum Gasteiger partial charge on any atom is 0.193 e. The molecule has 0 radical (unpaired) electrons. The number of hydrogen-bond acceptors (Lipinski definition) is 3. The average Bonchev–Trinajstić information content (AvgIpc) is 3.29. The van der Waals surface area contributed by atoms with E-state index in [1.54, 1.807) is 0 Å². The Hall–Kier alpha value is -0.990. The van der Waals surface area contributed by atoms with Crippen LogP contribution in [0, 0.1) is 0 Å². The Morgan fingerprint density at radius 2 is 2.08 bits per heavy atom. The summed E-state index contributed by atoms with van der Waals surface area (Å²) in [7, 11) is 1.84.